The summed E-state index contributed by atoms with van der Waals surface area (Å²) in [6.45, 7) is 15.3. The van der Waals surface area contributed by atoms with Crippen molar-refractivity contribution in [2.45, 2.75) is 95.7 Å². The second kappa shape index (κ2) is 14.1. The fourth-order valence-electron chi connectivity index (χ4n) is 8.07. The van der Waals surface area contributed by atoms with Crippen LogP contribution in [0, 0.1) is 5.92 Å². The molecule has 6 heteroatoms. The molecule has 1 unspecified atom stereocenters. The Kier molecular flexibility index (Phi) is 10.6. The molecule has 0 saturated heterocycles. The Morgan fingerprint density at radius 1 is 0.822 bits per heavy atom. The third kappa shape index (κ3) is 7.26. The Labute approximate surface area is 274 Å². The Hall–Kier alpha value is -2.49. The molecule has 0 bridgehead atoms. The van der Waals surface area contributed by atoms with Crippen LogP contribution in [0.2, 0.25) is 24.7 Å². The minimum atomic E-state index is -2.61. The van der Waals surface area contributed by atoms with Gasteiger partial charge >= 0.3 is 0 Å². The van der Waals surface area contributed by atoms with E-state index in [-0.39, 0.29) is 16.7 Å². The lowest BCUT2D eigenvalue weighted by molar-refractivity contribution is -0.00165. The number of rotatable bonds is 13. The Morgan fingerprint density at radius 2 is 1.40 bits per heavy atom. The number of para-hydroxylation sites is 1. The molecule has 0 amide bonds. The lowest BCUT2D eigenvalue weighted by Crippen LogP contribution is -2.66. The van der Waals surface area contributed by atoms with E-state index in [0.717, 1.165) is 31.4 Å². The molecule has 1 saturated carbocycles. The SMILES string of the molecule is COC1C[C@@H]2CCC[C@@]2(O[Si](C)(C)C)C(CCCO[Si](c2ccccc2)(c2ccccc2)C(C)(C)C)=C1COc1ccccc1. The maximum atomic E-state index is 7.34. The summed E-state index contributed by atoms with van der Waals surface area (Å²) in [5, 5.41) is 2.60. The maximum absolute atomic E-state index is 7.34. The predicted molar refractivity (Wildman–Crippen MR) is 192 cm³/mol. The number of fused-ring (bicyclic) bond motifs is 1. The molecule has 0 spiro atoms. The molecule has 0 aliphatic heterocycles. The van der Waals surface area contributed by atoms with Gasteiger partial charge in [0.1, 0.15) is 12.4 Å². The van der Waals surface area contributed by atoms with Gasteiger partial charge in [-0.15, -0.1) is 0 Å². The number of methoxy groups -OCH3 is 1. The highest BCUT2D eigenvalue weighted by molar-refractivity contribution is 6.99. The quantitative estimate of drug-likeness (QED) is 0.106. The third-order valence-electron chi connectivity index (χ3n) is 9.76. The van der Waals surface area contributed by atoms with Crippen molar-refractivity contribution in [3.8, 4) is 5.75 Å². The van der Waals surface area contributed by atoms with Gasteiger partial charge in [-0.3, -0.25) is 0 Å². The molecule has 2 aliphatic rings. The average Bonchev–Trinajstić information content (AvgIpc) is 3.42. The topological polar surface area (TPSA) is 36.9 Å². The van der Waals surface area contributed by atoms with Crippen molar-refractivity contribution in [1.82, 2.24) is 0 Å². The second-order valence-corrected chi connectivity index (χ2v) is 23.6. The smallest absolute Gasteiger partial charge is 0.261 e. The minimum Gasteiger partial charge on any atom is -0.489 e. The van der Waals surface area contributed by atoms with Crippen LogP contribution in [0.25, 0.3) is 0 Å². The van der Waals surface area contributed by atoms with Gasteiger partial charge < -0.3 is 18.3 Å². The molecule has 2 aliphatic carbocycles. The number of ether oxygens (including phenoxy) is 2. The first kappa shape index (κ1) is 33.9. The number of benzene rings is 3. The number of hydrogen-bond donors (Lipinski definition) is 0. The predicted octanol–water partition coefficient (Wildman–Crippen LogP) is 8.53. The van der Waals surface area contributed by atoms with E-state index in [0.29, 0.717) is 19.1 Å². The van der Waals surface area contributed by atoms with Crippen molar-refractivity contribution in [2.24, 2.45) is 5.92 Å². The van der Waals surface area contributed by atoms with Crippen LogP contribution >= 0.6 is 0 Å². The van der Waals surface area contributed by atoms with E-state index in [2.05, 4.69) is 101 Å². The van der Waals surface area contributed by atoms with Crippen LogP contribution < -0.4 is 15.1 Å². The maximum Gasteiger partial charge on any atom is 0.261 e. The van der Waals surface area contributed by atoms with Gasteiger partial charge in [-0.2, -0.15) is 0 Å². The fourth-order valence-corrected chi connectivity index (χ4v) is 14.2. The summed E-state index contributed by atoms with van der Waals surface area (Å²) in [5.41, 5.74) is 2.47. The molecule has 0 N–H and O–H groups in total. The van der Waals surface area contributed by atoms with E-state index in [4.69, 9.17) is 18.3 Å². The zero-order valence-electron chi connectivity index (χ0n) is 28.6. The van der Waals surface area contributed by atoms with Crippen LogP contribution in [-0.2, 0) is 13.6 Å². The molecule has 3 aromatic carbocycles. The first-order valence-electron chi connectivity index (χ1n) is 16.9. The average molecular weight is 643 g/mol. The van der Waals surface area contributed by atoms with Crippen molar-refractivity contribution in [2.75, 3.05) is 20.3 Å². The van der Waals surface area contributed by atoms with Crippen molar-refractivity contribution in [3.63, 3.8) is 0 Å². The van der Waals surface area contributed by atoms with Crippen LogP contribution in [0.1, 0.15) is 59.3 Å². The summed E-state index contributed by atoms with van der Waals surface area (Å²) in [4.78, 5) is 0. The van der Waals surface area contributed by atoms with Gasteiger partial charge in [-0.05, 0) is 103 Å². The van der Waals surface area contributed by atoms with Crippen LogP contribution in [-0.4, -0.2) is 48.7 Å². The highest BCUT2D eigenvalue weighted by atomic mass is 28.4. The number of hydrogen-bond acceptors (Lipinski definition) is 4. The van der Waals surface area contributed by atoms with Crippen LogP contribution in [0.5, 0.6) is 5.75 Å². The summed E-state index contributed by atoms with van der Waals surface area (Å²) in [7, 11) is -2.61. The Balaban J connectivity index is 1.49. The fraction of sp³-hybridized carbons (Fsp3) is 0.487. The monoisotopic (exact) mass is 642 g/mol. The summed E-state index contributed by atoms with van der Waals surface area (Å²) in [6.07, 6.45) is 6.36. The Morgan fingerprint density at radius 3 is 1.93 bits per heavy atom. The van der Waals surface area contributed by atoms with Gasteiger partial charge in [0, 0.05) is 13.7 Å². The molecule has 45 heavy (non-hydrogen) atoms. The van der Waals surface area contributed by atoms with Gasteiger partial charge in [0.25, 0.3) is 8.32 Å². The van der Waals surface area contributed by atoms with E-state index in [9.17, 15) is 0 Å². The van der Waals surface area contributed by atoms with E-state index >= 15 is 0 Å². The summed E-state index contributed by atoms with van der Waals surface area (Å²) < 4.78 is 27.3. The molecule has 3 atom stereocenters. The molecule has 0 aromatic heterocycles. The summed E-state index contributed by atoms with van der Waals surface area (Å²) in [5.74, 6) is 1.37. The lowest BCUT2D eigenvalue weighted by atomic mass is 9.70. The van der Waals surface area contributed by atoms with Crippen molar-refractivity contribution in [1.29, 1.82) is 0 Å². The van der Waals surface area contributed by atoms with Crippen LogP contribution in [0.3, 0.4) is 0 Å². The zero-order chi connectivity index (χ0) is 32.1. The van der Waals surface area contributed by atoms with Crippen molar-refractivity contribution >= 4 is 27.0 Å². The Bertz CT molecular complexity index is 1360. The largest absolute Gasteiger partial charge is 0.489 e. The van der Waals surface area contributed by atoms with Gasteiger partial charge in [-0.25, -0.2) is 0 Å². The molecule has 242 valence electrons. The molecular formula is C39H54O4Si2. The first-order valence-corrected chi connectivity index (χ1v) is 22.2. The normalized spacial score (nSPS) is 22.4. The van der Waals surface area contributed by atoms with E-state index < -0.39 is 16.6 Å². The standard InChI is InChI=1S/C39H54O4Si2/c1-38(2,3)45(33-22-13-9-14-23-33,34-24-15-10-16-25-34)42-28-18-26-36-35(30-41-32-20-11-8-12-21-32)37(40-4)29-31-19-17-27-39(31,36)43-44(5,6)7/h8-16,20-25,31,37H,17-19,26-30H2,1-7H3/t31-,37?,39-/m0/s1. The lowest BCUT2D eigenvalue weighted by Gasteiger charge is -2.49. The first-order chi connectivity index (χ1) is 21.5. The van der Waals surface area contributed by atoms with Crippen molar-refractivity contribution in [3.05, 3.63) is 102 Å². The molecule has 0 radical (unpaired) electrons. The molecular weight excluding hydrogens is 589 g/mol. The molecule has 4 nitrogen and oxygen atoms in total. The summed E-state index contributed by atoms with van der Waals surface area (Å²) in [6, 6.07) is 32.1. The minimum absolute atomic E-state index is 0.0442. The summed E-state index contributed by atoms with van der Waals surface area (Å²) >= 11 is 0. The highest BCUT2D eigenvalue weighted by Crippen LogP contribution is 2.54. The van der Waals surface area contributed by atoms with Gasteiger partial charge in [0.05, 0.1) is 11.7 Å². The van der Waals surface area contributed by atoms with E-state index in [1.165, 1.54) is 34.4 Å². The van der Waals surface area contributed by atoms with Gasteiger partial charge in [0.2, 0.25) is 0 Å². The molecule has 1 fully saturated rings. The van der Waals surface area contributed by atoms with E-state index in [1.807, 2.05) is 37.4 Å². The van der Waals surface area contributed by atoms with Gasteiger partial charge in [0.15, 0.2) is 8.32 Å². The zero-order valence-corrected chi connectivity index (χ0v) is 30.6. The third-order valence-corrected chi connectivity index (χ3v) is 15.8. The second-order valence-electron chi connectivity index (χ2n) is 14.9. The van der Waals surface area contributed by atoms with E-state index in [1.54, 1.807) is 0 Å². The van der Waals surface area contributed by atoms with Crippen molar-refractivity contribution < 1.29 is 18.3 Å². The highest BCUT2D eigenvalue weighted by Gasteiger charge is 2.54. The molecule has 5 rings (SSSR count). The van der Waals surface area contributed by atoms with Gasteiger partial charge in [-0.1, -0.05) is 99.6 Å². The molecule has 0 heterocycles. The van der Waals surface area contributed by atoms with Crippen LogP contribution in [0.15, 0.2) is 102 Å². The molecule has 3 aromatic rings. The van der Waals surface area contributed by atoms with Crippen LogP contribution in [0.4, 0.5) is 0 Å².